The minimum atomic E-state index is -1.76. The molecule has 3 fully saturated rings. The van der Waals surface area contributed by atoms with E-state index >= 15 is 33.6 Å². The Morgan fingerprint density at radius 2 is 1.02 bits per heavy atom. The van der Waals surface area contributed by atoms with Crippen LogP contribution in [0.25, 0.3) is 21.8 Å². The molecule has 41 heteroatoms. The van der Waals surface area contributed by atoms with Gasteiger partial charge in [-0.25, -0.2) is 0 Å². The molecule has 0 radical (unpaired) electrons. The number of fused-ring (bicyclic) bond motifs is 4. The number of unbranched alkanes of at least 4 members (excludes halogenated alkanes) is 2. The Balaban J connectivity index is 1.19. The van der Waals surface area contributed by atoms with Crippen LogP contribution in [0.3, 0.4) is 0 Å². The summed E-state index contributed by atoms with van der Waals surface area (Å²) >= 11 is 0.803. The number of aromatic amines is 2. The van der Waals surface area contributed by atoms with Crippen LogP contribution < -0.4 is 70.8 Å². The fourth-order valence-corrected chi connectivity index (χ4v) is 17.5. The molecule has 5 aromatic rings. The molecule has 3 saturated heterocycles. The summed E-state index contributed by atoms with van der Waals surface area (Å²) in [6.07, 6.45) is 1.94. The average molecular weight is 1840 g/mol. The van der Waals surface area contributed by atoms with Gasteiger partial charge in [0.2, 0.25) is 100 Å². The second-order valence-corrected chi connectivity index (χ2v) is 35.9. The SMILES string of the molecule is CCCC[C@H]1C(=O)N[C@@H](CC(C)C)C(=O)N[C@H](C(=O)NCC(N)=O)CSCC(=O)N[C@@H](Cc2ccc(O)cc2)C(=O)N(C)[C@@H](C)C(=O)N[C@H](CC(N)=O)C(=O)N2CCC[C@H]2C(=O)N[C@@H](CN)C(=O)N[C@@H](CC(C)C)C(=O)N2C[C@H](O)C[C@H]2C(=O)N[C@@H](Cc2c[nH]c3ccccc23)C(=O)N[C@@H](CCN)C(=O)N(C)[C@@H](Cc2c[nH]c3ccccc23)C(=O)N(C)[C@@H](CCCC)C(=O)N1C. The van der Waals surface area contributed by atoms with Crippen molar-refractivity contribution in [1.82, 2.24) is 87.2 Å². The lowest BCUT2D eigenvalue weighted by molar-refractivity contribution is -0.152. The number of nitrogens with two attached hydrogens (primary N) is 4. The molecule has 3 aliphatic rings. The first-order valence-corrected chi connectivity index (χ1v) is 45.8. The van der Waals surface area contributed by atoms with E-state index in [2.05, 4.69) is 57.8 Å². The maximum Gasteiger partial charge on any atom is 0.246 e. The number of nitrogens with zero attached hydrogens (tertiary/aromatic N) is 6. The molecule has 5 heterocycles. The van der Waals surface area contributed by atoms with E-state index < -0.39 is 223 Å². The van der Waals surface area contributed by atoms with E-state index in [-0.39, 0.29) is 107 Å². The van der Waals surface area contributed by atoms with E-state index in [4.69, 9.17) is 22.9 Å². The highest BCUT2D eigenvalue weighted by molar-refractivity contribution is 8.00. The lowest BCUT2D eigenvalue weighted by Gasteiger charge is -2.38. The number of aromatic hydroxyl groups is 1. The number of hydrogen-bond acceptors (Lipinski definition) is 22. The number of benzene rings is 3. The van der Waals surface area contributed by atoms with Crippen LogP contribution in [0.2, 0.25) is 0 Å². The largest absolute Gasteiger partial charge is 0.508 e. The summed E-state index contributed by atoms with van der Waals surface area (Å²) in [7, 11) is 5.42. The summed E-state index contributed by atoms with van der Waals surface area (Å²) in [6.45, 7) is 10.1. The summed E-state index contributed by atoms with van der Waals surface area (Å²) in [4.78, 5) is 263. The van der Waals surface area contributed by atoms with Crippen molar-refractivity contribution in [3.05, 3.63) is 102 Å². The number of phenols is 1. The van der Waals surface area contributed by atoms with Crippen LogP contribution in [0.4, 0.5) is 0 Å². The van der Waals surface area contributed by atoms with Gasteiger partial charge in [0.25, 0.3) is 0 Å². The van der Waals surface area contributed by atoms with Gasteiger partial charge in [0, 0.05) is 113 Å². The van der Waals surface area contributed by atoms with E-state index in [0.29, 0.717) is 64.2 Å². The molecule has 0 aliphatic carbocycles. The van der Waals surface area contributed by atoms with Crippen molar-refractivity contribution < 1.29 is 91.7 Å². The Hall–Kier alpha value is -12.2. The van der Waals surface area contributed by atoms with Gasteiger partial charge in [0.15, 0.2) is 0 Å². The van der Waals surface area contributed by atoms with E-state index in [1.54, 1.807) is 70.4 Å². The first-order valence-electron chi connectivity index (χ1n) is 44.7. The van der Waals surface area contributed by atoms with Crippen LogP contribution in [-0.4, -0.2) is 313 Å². The number of thioether (sulfide) groups is 1. The molecule has 40 nitrogen and oxygen atoms in total. The number of aliphatic hydroxyl groups is 1. The molecule has 0 bridgehead atoms. The van der Waals surface area contributed by atoms with Gasteiger partial charge in [-0.3, -0.25) is 81.5 Å². The molecule has 2 aromatic heterocycles. The number of carbonyl (C=O) groups is 17. The van der Waals surface area contributed by atoms with E-state index in [1.807, 2.05) is 32.0 Å². The van der Waals surface area contributed by atoms with Crippen molar-refractivity contribution in [2.75, 3.05) is 72.4 Å². The van der Waals surface area contributed by atoms with Gasteiger partial charge in [0.1, 0.15) is 90.3 Å². The average Bonchev–Trinajstić information content (AvgIpc) is 1.59. The predicted molar refractivity (Wildman–Crippen MR) is 488 cm³/mol. The van der Waals surface area contributed by atoms with Crippen LogP contribution in [0.15, 0.2) is 85.2 Å². The highest BCUT2D eigenvalue weighted by atomic mass is 32.2. The van der Waals surface area contributed by atoms with E-state index in [0.717, 1.165) is 26.5 Å². The molecule has 131 heavy (non-hydrogen) atoms. The smallest absolute Gasteiger partial charge is 0.246 e. The number of primary amides is 2. The van der Waals surface area contributed by atoms with Crippen molar-refractivity contribution in [3.8, 4) is 5.75 Å². The van der Waals surface area contributed by atoms with Crippen molar-refractivity contribution in [2.24, 2.45) is 34.8 Å². The number of aromatic nitrogens is 2. The Bertz CT molecular complexity index is 4890. The van der Waals surface area contributed by atoms with Gasteiger partial charge >= 0.3 is 0 Å². The molecule has 0 unspecified atom stereocenters. The number of hydrogen-bond donors (Lipinski definition) is 17. The third-order valence-electron chi connectivity index (χ3n) is 24.0. The number of rotatable bonds is 24. The first kappa shape index (κ1) is 104. The van der Waals surface area contributed by atoms with Crippen molar-refractivity contribution in [1.29, 1.82) is 0 Å². The van der Waals surface area contributed by atoms with E-state index in [9.17, 15) is 58.2 Å². The fourth-order valence-electron chi connectivity index (χ4n) is 16.6. The lowest BCUT2D eigenvalue weighted by Crippen LogP contribution is -2.62. The molecule has 716 valence electrons. The standard InChI is InChI=1S/C90H131N21O19S/c1-12-14-25-69-82(122)100-62(35-49(3)4)79(119)105-68(78(118)97-45-75(94)115)47-131-48-76(116)98-65(37-52-28-30-55(112)31-29-52)86(126)106(8)51(7)77(117)102-66(41-74(93)114)87(127)110-34-20-27-70(110)83(123)104-67(42-92)81(121)103-64(36-50(5)6)88(128)111-46-56(113)40-72(111)84(124)101-63(38-53-43-95-59-23-18-16-21-57(53)59)80(120)99-61(32-33-91)85(125)109(11)73(39-54-44-96-60-24-19-17-22-58(54)60)90(130)108(10)71(26-15-13-2)89(129)107(69)9/h16-19,21-24,28-31,43-44,49-51,56,61-73,95-96,112-113H,12-15,20,25-27,32-42,45-48,91-92H2,1-11H3,(H2,93,114)(H2,94,115)(H,97,118)(H,98,116)(H,99,120)(H,100,122)(H,101,124)(H,102,117)(H,103,121)(H,104,123)(H,105,119)/t51-,56+,61-,62-,63-,64-,65-,66+,67-,68-,69-,70-,71-,72-,73-/m0/s1. The maximum atomic E-state index is 16.0. The second-order valence-electron chi connectivity index (χ2n) is 34.9. The maximum absolute atomic E-state index is 16.0. The van der Waals surface area contributed by atoms with Gasteiger partial charge in [-0.2, -0.15) is 0 Å². The van der Waals surface area contributed by atoms with Crippen LogP contribution in [0.1, 0.15) is 149 Å². The van der Waals surface area contributed by atoms with Gasteiger partial charge in [-0.15, -0.1) is 11.8 Å². The molecule has 17 amide bonds. The molecule has 8 rings (SSSR count). The third kappa shape index (κ3) is 28.4. The number of amides is 17. The summed E-state index contributed by atoms with van der Waals surface area (Å²) in [5, 5.41) is 46.9. The summed E-state index contributed by atoms with van der Waals surface area (Å²) < 4.78 is 0. The first-order chi connectivity index (χ1) is 62.2. The lowest BCUT2D eigenvalue weighted by atomic mass is 9.98. The summed E-state index contributed by atoms with van der Waals surface area (Å²) in [6, 6.07) is -0.784. The number of aliphatic hydroxyl groups excluding tert-OH is 1. The van der Waals surface area contributed by atoms with Gasteiger partial charge in [-0.05, 0) is 111 Å². The molecule has 15 atom stereocenters. The monoisotopic (exact) mass is 1840 g/mol. The zero-order chi connectivity index (χ0) is 96.4. The Kier molecular flexibility index (Phi) is 39.1. The minimum Gasteiger partial charge on any atom is -0.508 e. The van der Waals surface area contributed by atoms with Crippen LogP contribution in [-0.2, 0) is 101 Å². The third-order valence-corrected chi connectivity index (χ3v) is 25.1. The number of nitrogens with one attached hydrogen (secondary N) is 11. The van der Waals surface area contributed by atoms with E-state index in [1.165, 1.54) is 74.1 Å². The Morgan fingerprint density at radius 1 is 0.511 bits per heavy atom. The van der Waals surface area contributed by atoms with Crippen LogP contribution >= 0.6 is 11.8 Å². The van der Waals surface area contributed by atoms with Crippen molar-refractivity contribution in [2.45, 2.75) is 242 Å². The molecule has 3 aromatic carbocycles. The molecular formula is C90H131N21O19S. The summed E-state index contributed by atoms with van der Waals surface area (Å²) in [5.41, 5.74) is 26.5. The molecule has 0 spiro atoms. The molecular weight excluding hydrogens is 1710 g/mol. The fraction of sp³-hybridized carbons (Fsp3) is 0.567. The number of likely N-dealkylation sites (N-methyl/N-ethyl adjacent to an activating group) is 4. The van der Waals surface area contributed by atoms with Crippen molar-refractivity contribution >= 4 is 134 Å². The zero-order valence-corrected chi connectivity index (χ0v) is 77.2. The Morgan fingerprint density at radius 3 is 1.62 bits per heavy atom. The number of carbonyl (C=O) groups excluding carboxylic acids is 17. The van der Waals surface area contributed by atoms with Crippen molar-refractivity contribution in [3.63, 3.8) is 0 Å². The van der Waals surface area contributed by atoms with Crippen LogP contribution in [0.5, 0.6) is 5.75 Å². The zero-order valence-electron chi connectivity index (χ0n) is 76.4. The van der Waals surface area contributed by atoms with Gasteiger partial charge in [0.05, 0.1) is 24.8 Å². The predicted octanol–water partition coefficient (Wildman–Crippen LogP) is -1.45. The highest BCUT2D eigenvalue weighted by Crippen LogP contribution is 2.29. The normalized spacial score (nSPS) is 25.4. The second kappa shape index (κ2) is 49.1. The van der Waals surface area contributed by atoms with Gasteiger partial charge < -0.3 is 120 Å². The topological polar surface area (TPSA) is 594 Å². The Labute approximate surface area is 765 Å². The molecule has 0 saturated carbocycles. The minimum absolute atomic E-state index is 0.00343. The molecule has 21 N–H and O–H groups in total. The van der Waals surface area contributed by atoms with Crippen LogP contribution in [0, 0.1) is 11.8 Å². The quantitative estimate of drug-likeness (QED) is 0.0336. The summed E-state index contributed by atoms with van der Waals surface area (Å²) in [5.74, 6) is -16.8. The number of H-pyrrole nitrogens is 2. The number of phenolic OH excluding ortho intramolecular Hbond substituents is 1. The van der Waals surface area contributed by atoms with Gasteiger partial charge in [-0.1, -0.05) is 116 Å². The number of para-hydroxylation sites is 2. The molecule has 3 aliphatic heterocycles. The highest BCUT2D eigenvalue weighted by Gasteiger charge is 2.47.